The fourth-order valence-corrected chi connectivity index (χ4v) is 2.28. The van der Waals surface area contributed by atoms with E-state index in [1.165, 1.54) is 12.1 Å². The van der Waals surface area contributed by atoms with E-state index in [0.717, 1.165) is 11.1 Å². The van der Waals surface area contributed by atoms with Crippen molar-refractivity contribution in [3.8, 4) is 0 Å². The monoisotopic (exact) mass is 291 g/mol. The molecule has 0 aliphatic carbocycles. The van der Waals surface area contributed by atoms with E-state index in [2.05, 4.69) is 5.32 Å². The molecule has 4 heteroatoms. The Bertz CT molecular complexity index is 598. The van der Waals surface area contributed by atoms with Crippen LogP contribution in [-0.4, -0.2) is 5.91 Å². The molecule has 2 rings (SSSR count). The molecule has 0 saturated heterocycles. The Labute approximate surface area is 122 Å². The number of amides is 1. The average molecular weight is 292 g/mol. The van der Waals surface area contributed by atoms with Gasteiger partial charge in [-0.15, -0.1) is 0 Å². The van der Waals surface area contributed by atoms with Crippen molar-refractivity contribution in [1.29, 1.82) is 0 Å². The summed E-state index contributed by atoms with van der Waals surface area (Å²) in [5, 5.41) is 3.51. The lowest BCUT2D eigenvalue weighted by Gasteiger charge is -2.15. The van der Waals surface area contributed by atoms with Gasteiger partial charge in [-0.3, -0.25) is 4.79 Å². The average Bonchev–Trinajstić information content (AvgIpc) is 2.41. The molecular formula is C16H15ClFNO. The highest BCUT2D eigenvalue weighted by molar-refractivity contribution is 6.31. The summed E-state index contributed by atoms with van der Waals surface area (Å²) in [6, 6.07) is 13.1. The number of benzene rings is 2. The highest BCUT2D eigenvalue weighted by Crippen LogP contribution is 2.22. The molecule has 20 heavy (non-hydrogen) atoms. The second-order valence-electron chi connectivity index (χ2n) is 4.61. The maximum atomic E-state index is 12.8. The highest BCUT2D eigenvalue weighted by atomic mass is 35.5. The normalized spacial score (nSPS) is 11.9. The maximum Gasteiger partial charge on any atom is 0.224 e. The van der Waals surface area contributed by atoms with Gasteiger partial charge in [-0.1, -0.05) is 41.9 Å². The van der Waals surface area contributed by atoms with Crippen LogP contribution in [0, 0.1) is 5.82 Å². The van der Waals surface area contributed by atoms with Crippen molar-refractivity contribution in [3.05, 3.63) is 70.5 Å². The van der Waals surface area contributed by atoms with Crippen LogP contribution in [0.2, 0.25) is 5.02 Å². The molecule has 0 bridgehead atoms. The number of halogens is 2. The molecule has 0 unspecified atom stereocenters. The lowest BCUT2D eigenvalue weighted by molar-refractivity contribution is -0.121. The molecule has 2 aromatic rings. The van der Waals surface area contributed by atoms with Crippen molar-refractivity contribution in [2.24, 2.45) is 0 Å². The first kappa shape index (κ1) is 14.5. The number of nitrogens with one attached hydrogen (secondary N) is 1. The number of hydrogen-bond donors (Lipinski definition) is 1. The fraction of sp³-hybridized carbons (Fsp3) is 0.188. The molecule has 1 atom stereocenters. The van der Waals surface area contributed by atoms with Gasteiger partial charge in [-0.25, -0.2) is 4.39 Å². The standard InChI is InChI=1S/C16H15ClFNO/c1-11(14-4-2-3-5-15(14)17)19-16(20)10-12-6-8-13(18)9-7-12/h2-9,11H,10H2,1H3,(H,19,20)/t11-/m0/s1. The van der Waals surface area contributed by atoms with Gasteiger partial charge in [0.25, 0.3) is 0 Å². The van der Waals surface area contributed by atoms with E-state index in [-0.39, 0.29) is 24.2 Å². The minimum absolute atomic E-state index is 0.121. The molecule has 2 aromatic carbocycles. The third-order valence-electron chi connectivity index (χ3n) is 3.03. The van der Waals surface area contributed by atoms with E-state index in [0.29, 0.717) is 5.02 Å². The van der Waals surface area contributed by atoms with Gasteiger partial charge in [-0.2, -0.15) is 0 Å². The predicted molar refractivity (Wildman–Crippen MR) is 78.1 cm³/mol. The quantitative estimate of drug-likeness (QED) is 0.909. The molecule has 0 spiro atoms. The largest absolute Gasteiger partial charge is 0.349 e. The topological polar surface area (TPSA) is 29.1 Å². The summed E-state index contributed by atoms with van der Waals surface area (Å²) in [6.45, 7) is 1.88. The van der Waals surface area contributed by atoms with Gasteiger partial charge in [-0.05, 0) is 36.2 Å². The van der Waals surface area contributed by atoms with Crippen molar-refractivity contribution >= 4 is 17.5 Å². The number of rotatable bonds is 4. The molecule has 1 amide bonds. The van der Waals surface area contributed by atoms with Gasteiger partial charge in [0, 0.05) is 5.02 Å². The third kappa shape index (κ3) is 3.81. The predicted octanol–water partition coefficient (Wildman–Crippen LogP) is 3.90. The van der Waals surface area contributed by atoms with Crippen LogP contribution in [0.1, 0.15) is 24.1 Å². The summed E-state index contributed by atoms with van der Waals surface area (Å²) in [6.07, 6.45) is 0.217. The minimum atomic E-state index is -0.307. The first-order chi connectivity index (χ1) is 9.56. The number of carbonyl (C=O) groups excluding carboxylic acids is 1. The van der Waals surface area contributed by atoms with Crippen LogP contribution in [0.3, 0.4) is 0 Å². The van der Waals surface area contributed by atoms with E-state index in [1.54, 1.807) is 18.2 Å². The Morgan fingerprint density at radius 3 is 2.50 bits per heavy atom. The Morgan fingerprint density at radius 1 is 1.20 bits per heavy atom. The molecular weight excluding hydrogens is 277 g/mol. The first-order valence-electron chi connectivity index (χ1n) is 6.34. The fourth-order valence-electron chi connectivity index (χ4n) is 1.98. The summed E-state index contributed by atoms with van der Waals surface area (Å²) in [7, 11) is 0. The van der Waals surface area contributed by atoms with Crippen LogP contribution in [0.15, 0.2) is 48.5 Å². The van der Waals surface area contributed by atoms with Crippen LogP contribution >= 0.6 is 11.6 Å². The molecule has 2 nitrogen and oxygen atoms in total. The lowest BCUT2D eigenvalue weighted by Crippen LogP contribution is -2.28. The van der Waals surface area contributed by atoms with E-state index in [9.17, 15) is 9.18 Å². The summed E-state index contributed by atoms with van der Waals surface area (Å²) in [5.74, 6) is -0.428. The molecule has 0 aliphatic heterocycles. The highest BCUT2D eigenvalue weighted by Gasteiger charge is 2.12. The second kappa shape index (κ2) is 6.53. The summed E-state index contributed by atoms with van der Waals surface area (Å²) < 4.78 is 12.8. The zero-order valence-corrected chi connectivity index (χ0v) is 11.8. The van der Waals surface area contributed by atoms with Crippen LogP contribution < -0.4 is 5.32 Å². The Morgan fingerprint density at radius 2 is 1.85 bits per heavy atom. The third-order valence-corrected chi connectivity index (χ3v) is 3.37. The smallest absolute Gasteiger partial charge is 0.224 e. The van der Waals surface area contributed by atoms with E-state index < -0.39 is 0 Å². The summed E-state index contributed by atoms with van der Waals surface area (Å²) in [4.78, 5) is 11.9. The maximum absolute atomic E-state index is 12.8. The Balaban J connectivity index is 1.98. The van der Waals surface area contributed by atoms with E-state index >= 15 is 0 Å². The van der Waals surface area contributed by atoms with E-state index in [1.807, 2.05) is 25.1 Å². The Hall–Kier alpha value is -1.87. The molecule has 1 N–H and O–H groups in total. The van der Waals surface area contributed by atoms with Gasteiger partial charge in [0.1, 0.15) is 5.82 Å². The van der Waals surface area contributed by atoms with Crippen molar-refractivity contribution in [1.82, 2.24) is 5.32 Å². The molecule has 0 aliphatic rings. The van der Waals surface area contributed by atoms with Gasteiger partial charge in [0.15, 0.2) is 0 Å². The molecule has 0 heterocycles. The summed E-state index contributed by atoms with van der Waals surface area (Å²) >= 11 is 6.09. The van der Waals surface area contributed by atoms with E-state index in [4.69, 9.17) is 11.6 Å². The molecule has 0 saturated carbocycles. The van der Waals surface area contributed by atoms with Crippen LogP contribution in [0.4, 0.5) is 4.39 Å². The SMILES string of the molecule is C[C@H](NC(=O)Cc1ccc(F)cc1)c1ccccc1Cl. The lowest BCUT2D eigenvalue weighted by atomic mass is 10.1. The molecule has 0 aromatic heterocycles. The van der Waals surface area contributed by atoms with Crippen molar-refractivity contribution in [2.45, 2.75) is 19.4 Å². The zero-order chi connectivity index (χ0) is 14.5. The van der Waals surface area contributed by atoms with Crippen LogP contribution in [-0.2, 0) is 11.2 Å². The summed E-state index contributed by atoms with van der Waals surface area (Å²) in [5.41, 5.74) is 1.65. The van der Waals surface area contributed by atoms with Gasteiger partial charge in [0.2, 0.25) is 5.91 Å². The van der Waals surface area contributed by atoms with Gasteiger partial charge in [0.05, 0.1) is 12.5 Å². The van der Waals surface area contributed by atoms with Crippen molar-refractivity contribution < 1.29 is 9.18 Å². The number of carbonyl (C=O) groups is 1. The van der Waals surface area contributed by atoms with Crippen molar-refractivity contribution in [3.63, 3.8) is 0 Å². The minimum Gasteiger partial charge on any atom is -0.349 e. The number of hydrogen-bond acceptors (Lipinski definition) is 1. The van der Waals surface area contributed by atoms with Gasteiger partial charge >= 0.3 is 0 Å². The first-order valence-corrected chi connectivity index (χ1v) is 6.72. The zero-order valence-electron chi connectivity index (χ0n) is 11.1. The second-order valence-corrected chi connectivity index (χ2v) is 5.02. The Kier molecular flexibility index (Phi) is 4.74. The van der Waals surface area contributed by atoms with Gasteiger partial charge < -0.3 is 5.32 Å². The molecule has 0 fully saturated rings. The van der Waals surface area contributed by atoms with Crippen LogP contribution in [0.5, 0.6) is 0 Å². The molecule has 0 radical (unpaired) electrons. The van der Waals surface area contributed by atoms with Crippen molar-refractivity contribution in [2.75, 3.05) is 0 Å². The molecule has 104 valence electrons. The van der Waals surface area contributed by atoms with Crippen LogP contribution in [0.25, 0.3) is 0 Å².